The lowest BCUT2D eigenvalue weighted by Gasteiger charge is -2.16. The molecule has 0 unspecified atom stereocenters. The molecule has 2 aromatic rings. The Hall–Kier alpha value is -2.11. The molecular weight excluding hydrogens is 216 g/mol. The number of rotatable bonds is 1. The molecule has 88 valence electrons. The Bertz CT molecular complexity index is 517. The van der Waals surface area contributed by atoms with Gasteiger partial charge < -0.3 is 5.73 Å². The van der Waals surface area contributed by atoms with Crippen LogP contribution in [-0.2, 0) is 5.41 Å². The molecule has 0 aliphatic carbocycles. The zero-order valence-corrected chi connectivity index (χ0v) is 10.0. The molecule has 0 bridgehead atoms. The van der Waals surface area contributed by atoms with Crippen molar-refractivity contribution >= 4 is 5.95 Å². The monoisotopic (exact) mass is 230 g/mol. The smallest absolute Gasteiger partial charge is 0.223 e. The summed E-state index contributed by atoms with van der Waals surface area (Å²) in [6, 6.07) is 1.73. The van der Waals surface area contributed by atoms with Gasteiger partial charge in [-0.3, -0.25) is 0 Å². The largest absolute Gasteiger partial charge is 0.368 e. The fourth-order valence-corrected chi connectivity index (χ4v) is 1.24. The van der Waals surface area contributed by atoms with Crippen LogP contribution in [0.3, 0.4) is 0 Å². The van der Waals surface area contributed by atoms with Gasteiger partial charge in [0.25, 0.3) is 0 Å². The lowest BCUT2D eigenvalue weighted by Crippen LogP contribution is -2.18. The summed E-state index contributed by atoms with van der Waals surface area (Å²) in [4.78, 5) is 20.7. The first-order valence-electron chi connectivity index (χ1n) is 5.26. The van der Waals surface area contributed by atoms with Crippen LogP contribution in [0.25, 0.3) is 11.6 Å². The molecule has 2 N–H and O–H groups in total. The maximum Gasteiger partial charge on any atom is 0.223 e. The molecule has 2 rings (SSSR count). The summed E-state index contributed by atoms with van der Waals surface area (Å²) in [5.74, 6) is 1.68. The van der Waals surface area contributed by atoms with Gasteiger partial charge in [0.2, 0.25) is 11.8 Å². The average molecular weight is 230 g/mol. The Morgan fingerprint density at radius 1 is 0.941 bits per heavy atom. The normalized spacial score (nSPS) is 11.5. The van der Waals surface area contributed by atoms with Crippen LogP contribution in [-0.4, -0.2) is 24.9 Å². The molecule has 6 nitrogen and oxygen atoms in total. The summed E-state index contributed by atoms with van der Waals surface area (Å²) in [5.41, 5.74) is 5.48. The van der Waals surface area contributed by atoms with E-state index in [0.29, 0.717) is 17.5 Å². The summed E-state index contributed by atoms with van der Waals surface area (Å²) >= 11 is 0. The van der Waals surface area contributed by atoms with E-state index in [1.807, 2.05) is 20.8 Å². The number of nitrogens with zero attached hydrogens (tertiary/aromatic N) is 5. The van der Waals surface area contributed by atoms with Gasteiger partial charge in [0.1, 0.15) is 5.82 Å². The highest BCUT2D eigenvalue weighted by atomic mass is 15.1. The van der Waals surface area contributed by atoms with E-state index in [1.54, 1.807) is 18.5 Å². The number of anilines is 1. The molecule has 0 saturated heterocycles. The molecular formula is C11H14N6. The molecule has 0 atom stereocenters. The fraction of sp³-hybridized carbons (Fsp3) is 0.364. The van der Waals surface area contributed by atoms with Crippen molar-refractivity contribution in [3.05, 3.63) is 24.3 Å². The molecule has 0 aliphatic rings. The van der Waals surface area contributed by atoms with Gasteiger partial charge in [0.05, 0.1) is 0 Å². The summed E-state index contributed by atoms with van der Waals surface area (Å²) in [6.07, 6.45) is 3.28. The van der Waals surface area contributed by atoms with E-state index in [2.05, 4.69) is 24.9 Å². The van der Waals surface area contributed by atoms with E-state index in [1.165, 1.54) is 0 Å². The lowest BCUT2D eigenvalue weighted by atomic mass is 9.96. The van der Waals surface area contributed by atoms with Crippen LogP contribution < -0.4 is 5.73 Å². The quantitative estimate of drug-likeness (QED) is 0.791. The molecule has 0 spiro atoms. The molecule has 0 aliphatic heterocycles. The van der Waals surface area contributed by atoms with Crippen molar-refractivity contribution in [2.24, 2.45) is 0 Å². The van der Waals surface area contributed by atoms with E-state index >= 15 is 0 Å². The minimum atomic E-state index is -0.194. The average Bonchev–Trinajstić information content (AvgIpc) is 2.28. The van der Waals surface area contributed by atoms with E-state index in [-0.39, 0.29) is 11.4 Å². The van der Waals surface area contributed by atoms with Crippen molar-refractivity contribution in [3.8, 4) is 11.6 Å². The van der Waals surface area contributed by atoms with Gasteiger partial charge in [-0.05, 0) is 6.07 Å². The summed E-state index contributed by atoms with van der Waals surface area (Å²) in [7, 11) is 0. The second kappa shape index (κ2) is 4.04. The molecule has 0 saturated carbocycles. The zero-order chi connectivity index (χ0) is 12.5. The van der Waals surface area contributed by atoms with Crippen LogP contribution in [0.1, 0.15) is 26.6 Å². The molecule has 2 aromatic heterocycles. The third kappa shape index (κ3) is 2.52. The molecule has 17 heavy (non-hydrogen) atoms. The van der Waals surface area contributed by atoms with Gasteiger partial charge in [0, 0.05) is 17.8 Å². The fourth-order valence-electron chi connectivity index (χ4n) is 1.24. The first-order valence-corrected chi connectivity index (χ1v) is 5.26. The Morgan fingerprint density at radius 3 is 2.18 bits per heavy atom. The van der Waals surface area contributed by atoms with Crippen LogP contribution >= 0.6 is 0 Å². The maximum atomic E-state index is 5.68. The minimum absolute atomic E-state index is 0.187. The summed E-state index contributed by atoms with van der Waals surface area (Å²) < 4.78 is 0. The summed E-state index contributed by atoms with van der Waals surface area (Å²) in [5, 5.41) is 0. The molecule has 6 heteroatoms. The zero-order valence-electron chi connectivity index (χ0n) is 10.0. The Balaban J connectivity index is 2.54. The van der Waals surface area contributed by atoms with Crippen molar-refractivity contribution < 1.29 is 0 Å². The molecule has 0 fully saturated rings. The van der Waals surface area contributed by atoms with Gasteiger partial charge in [-0.15, -0.1) is 0 Å². The second-order valence-corrected chi connectivity index (χ2v) is 4.66. The van der Waals surface area contributed by atoms with Crippen molar-refractivity contribution in [2.45, 2.75) is 26.2 Å². The Kier molecular flexibility index (Phi) is 2.71. The van der Waals surface area contributed by atoms with Crippen LogP contribution in [0.5, 0.6) is 0 Å². The van der Waals surface area contributed by atoms with E-state index in [4.69, 9.17) is 5.73 Å². The Morgan fingerprint density at radius 2 is 1.59 bits per heavy atom. The number of hydrogen-bond acceptors (Lipinski definition) is 6. The van der Waals surface area contributed by atoms with E-state index in [9.17, 15) is 0 Å². The number of hydrogen-bond donors (Lipinski definition) is 1. The summed E-state index contributed by atoms with van der Waals surface area (Å²) in [6.45, 7) is 6.03. The first-order chi connectivity index (χ1) is 7.97. The third-order valence-electron chi connectivity index (χ3n) is 2.09. The first kappa shape index (κ1) is 11.4. The minimum Gasteiger partial charge on any atom is -0.368 e. The van der Waals surface area contributed by atoms with Crippen LogP contribution in [0, 0.1) is 0 Å². The van der Waals surface area contributed by atoms with Gasteiger partial charge in [0.15, 0.2) is 5.82 Å². The molecule has 0 aromatic carbocycles. The van der Waals surface area contributed by atoms with Crippen LogP contribution in [0.4, 0.5) is 5.95 Å². The van der Waals surface area contributed by atoms with Gasteiger partial charge in [-0.25, -0.2) is 15.0 Å². The predicted molar refractivity (Wildman–Crippen MR) is 64.0 cm³/mol. The van der Waals surface area contributed by atoms with Crippen LogP contribution in [0.15, 0.2) is 18.5 Å². The molecule has 0 radical (unpaired) electrons. The topological polar surface area (TPSA) is 90.5 Å². The van der Waals surface area contributed by atoms with Crippen molar-refractivity contribution in [1.29, 1.82) is 0 Å². The van der Waals surface area contributed by atoms with Crippen molar-refractivity contribution in [3.63, 3.8) is 0 Å². The SMILES string of the molecule is CC(C)(C)c1nc(N)nc(-c2ncccn2)n1. The van der Waals surface area contributed by atoms with E-state index in [0.717, 1.165) is 0 Å². The number of nitrogens with two attached hydrogens (primary N) is 1. The maximum absolute atomic E-state index is 5.68. The van der Waals surface area contributed by atoms with E-state index < -0.39 is 0 Å². The van der Waals surface area contributed by atoms with Gasteiger partial charge in [-0.2, -0.15) is 9.97 Å². The standard InChI is InChI=1S/C11H14N6/c1-11(2,3)9-15-8(16-10(12)17-9)7-13-5-4-6-14-7/h4-6H,1-3H3,(H2,12,15,16,17). The van der Waals surface area contributed by atoms with Crippen LogP contribution in [0.2, 0.25) is 0 Å². The molecule has 2 heterocycles. The van der Waals surface area contributed by atoms with Gasteiger partial charge >= 0.3 is 0 Å². The number of nitrogen functional groups attached to an aromatic ring is 1. The predicted octanol–water partition coefficient (Wildman–Crippen LogP) is 1.21. The Labute approximate surface area is 99.4 Å². The highest BCUT2D eigenvalue weighted by Crippen LogP contribution is 2.20. The third-order valence-corrected chi connectivity index (χ3v) is 2.09. The van der Waals surface area contributed by atoms with Crippen molar-refractivity contribution in [1.82, 2.24) is 24.9 Å². The van der Waals surface area contributed by atoms with Gasteiger partial charge in [-0.1, -0.05) is 20.8 Å². The lowest BCUT2D eigenvalue weighted by molar-refractivity contribution is 0.543. The highest BCUT2D eigenvalue weighted by molar-refractivity contribution is 5.44. The molecule has 0 amide bonds. The second-order valence-electron chi connectivity index (χ2n) is 4.66. The number of aromatic nitrogens is 5. The van der Waals surface area contributed by atoms with Crippen molar-refractivity contribution in [2.75, 3.05) is 5.73 Å². The highest BCUT2D eigenvalue weighted by Gasteiger charge is 2.20.